The molecule has 0 spiro atoms. The maximum atomic E-state index is 4.03. The molecular formula is C12H19ClN2S. The first kappa shape index (κ1) is 13.8. The average molecular weight is 259 g/mol. The fraction of sp³-hybridized carbons (Fsp3) is 0.583. The van der Waals surface area contributed by atoms with Gasteiger partial charge >= 0.3 is 0 Å². The minimum Gasteiger partial charge on any atom is -0.317 e. The van der Waals surface area contributed by atoms with Crippen LogP contribution in [0.1, 0.15) is 18.4 Å². The van der Waals surface area contributed by atoms with Crippen LogP contribution in [0.25, 0.3) is 0 Å². The second-order valence-corrected chi connectivity index (χ2v) is 5.09. The first-order valence-electron chi connectivity index (χ1n) is 5.62. The summed E-state index contributed by atoms with van der Waals surface area (Å²) < 4.78 is 0. The van der Waals surface area contributed by atoms with Crippen LogP contribution in [-0.4, -0.2) is 23.8 Å². The van der Waals surface area contributed by atoms with Crippen LogP contribution in [0.4, 0.5) is 0 Å². The molecule has 0 saturated carbocycles. The van der Waals surface area contributed by atoms with Crippen molar-refractivity contribution in [3.05, 3.63) is 30.1 Å². The summed E-state index contributed by atoms with van der Waals surface area (Å²) in [6, 6.07) is 4.21. The van der Waals surface area contributed by atoms with Gasteiger partial charge < -0.3 is 5.32 Å². The Labute approximate surface area is 108 Å². The van der Waals surface area contributed by atoms with Gasteiger partial charge in [-0.15, -0.1) is 12.4 Å². The van der Waals surface area contributed by atoms with Crippen LogP contribution in [-0.2, 0) is 5.75 Å². The highest BCUT2D eigenvalue weighted by atomic mass is 35.5. The summed E-state index contributed by atoms with van der Waals surface area (Å²) in [7, 11) is 0. The van der Waals surface area contributed by atoms with E-state index in [1.165, 1.54) is 37.2 Å². The van der Waals surface area contributed by atoms with Crippen LogP contribution in [0.2, 0.25) is 0 Å². The van der Waals surface area contributed by atoms with Crippen molar-refractivity contribution in [2.75, 3.05) is 18.8 Å². The molecule has 1 aliphatic rings. The number of rotatable bonds is 4. The third kappa shape index (κ3) is 4.73. The number of piperidine rings is 1. The molecule has 1 aromatic heterocycles. The maximum absolute atomic E-state index is 4.03. The van der Waals surface area contributed by atoms with Crippen molar-refractivity contribution in [3.8, 4) is 0 Å². The molecule has 1 fully saturated rings. The molecule has 0 atom stereocenters. The first-order chi connectivity index (χ1) is 7.45. The Kier molecular flexibility index (Phi) is 6.85. The topological polar surface area (TPSA) is 24.9 Å². The van der Waals surface area contributed by atoms with Gasteiger partial charge in [-0.05, 0) is 55.3 Å². The van der Waals surface area contributed by atoms with Crippen molar-refractivity contribution in [3.63, 3.8) is 0 Å². The zero-order valence-corrected chi connectivity index (χ0v) is 11.0. The van der Waals surface area contributed by atoms with E-state index in [2.05, 4.69) is 34.2 Å². The van der Waals surface area contributed by atoms with Crippen molar-refractivity contribution in [1.82, 2.24) is 10.3 Å². The number of thioether (sulfide) groups is 1. The zero-order chi connectivity index (χ0) is 10.3. The van der Waals surface area contributed by atoms with Gasteiger partial charge in [0.05, 0.1) is 0 Å². The van der Waals surface area contributed by atoms with Gasteiger partial charge in [0, 0.05) is 18.1 Å². The molecule has 0 aliphatic carbocycles. The minimum absolute atomic E-state index is 0. The Morgan fingerprint density at radius 2 is 1.94 bits per heavy atom. The molecule has 2 rings (SSSR count). The van der Waals surface area contributed by atoms with Gasteiger partial charge in [-0.25, -0.2) is 0 Å². The monoisotopic (exact) mass is 258 g/mol. The second-order valence-electron chi connectivity index (χ2n) is 4.06. The summed E-state index contributed by atoms with van der Waals surface area (Å²) in [6.07, 6.45) is 6.45. The Balaban J connectivity index is 0.00000128. The third-order valence-corrected chi connectivity index (χ3v) is 4.07. The number of pyridine rings is 1. The molecule has 0 bridgehead atoms. The van der Waals surface area contributed by atoms with E-state index in [0.29, 0.717) is 0 Å². The van der Waals surface area contributed by atoms with Gasteiger partial charge in [-0.1, -0.05) is 0 Å². The fourth-order valence-corrected chi connectivity index (χ4v) is 3.08. The molecule has 2 nitrogen and oxygen atoms in total. The number of aromatic nitrogens is 1. The van der Waals surface area contributed by atoms with Gasteiger partial charge in [0.15, 0.2) is 0 Å². The quantitative estimate of drug-likeness (QED) is 0.899. The number of hydrogen-bond acceptors (Lipinski definition) is 3. The fourth-order valence-electron chi connectivity index (χ4n) is 1.87. The SMILES string of the molecule is Cl.c1cc(CSCC2CCNCC2)ccn1. The molecular weight excluding hydrogens is 240 g/mol. The lowest BCUT2D eigenvalue weighted by atomic mass is 10.0. The number of nitrogens with one attached hydrogen (secondary N) is 1. The van der Waals surface area contributed by atoms with E-state index in [-0.39, 0.29) is 12.4 Å². The molecule has 4 heteroatoms. The highest BCUT2D eigenvalue weighted by molar-refractivity contribution is 7.98. The van der Waals surface area contributed by atoms with Crippen molar-refractivity contribution >= 4 is 24.2 Å². The highest BCUT2D eigenvalue weighted by Gasteiger charge is 2.12. The molecule has 0 aromatic carbocycles. The smallest absolute Gasteiger partial charge is 0.0270 e. The van der Waals surface area contributed by atoms with Crippen molar-refractivity contribution in [1.29, 1.82) is 0 Å². The van der Waals surface area contributed by atoms with Crippen LogP contribution in [0.3, 0.4) is 0 Å². The number of hydrogen-bond donors (Lipinski definition) is 1. The molecule has 1 aromatic rings. The van der Waals surface area contributed by atoms with Gasteiger partial charge in [0.2, 0.25) is 0 Å². The van der Waals surface area contributed by atoms with Gasteiger partial charge in [0.25, 0.3) is 0 Å². The number of nitrogens with zero attached hydrogens (tertiary/aromatic N) is 1. The number of halogens is 1. The molecule has 90 valence electrons. The lowest BCUT2D eigenvalue weighted by Gasteiger charge is -2.21. The van der Waals surface area contributed by atoms with Gasteiger partial charge in [-0.2, -0.15) is 11.8 Å². The summed E-state index contributed by atoms with van der Waals surface area (Å²) in [5, 5.41) is 3.41. The van der Waals surface area contributed by atoms with E-state index in [4.69, 9.17) is 0 Å². The van der Waals surface area contributed by atoms with E-state index >= 15 is 0 Å². The maximum Gasteiger partial charge on any atom is 0.0270 e. The van der Waals surface area contributed by atoms with Gasteiger partial charge in [-0.3, -0.25) is 4.98 Å². The van der Waals surface area contributed by atoms with Crippen LogP contribution < -0.4 is 5.32 Å². The minimum atomic E-state index is 0. The Bertz CT molecular complexity index is 276. The largest absolute Gasteiger partial charge is 0.317 e. The normalized spacial score (nSPS) is 16.8. The Morgan fingerprint density at radius 1 is 1.25 bits per heavy atom. The van der Waals surface area contributed by atoms with Crippen molar-refractivity contribution in [2.24, 2.45) is 5.92 Å². The van der Waals surface area contributed by atoms with Crippen LogP contribution in [0.5, 0.6) is 0 Å². The summed E-state index contributed by atoms with van der Waals surface area (Å²) >= 11 is 2.06. The zero-order valence-electron chi connectivity index (χ0n) is 9.39. The van der Waals surface area contributed by atoms with Crippen LogP contribution >= 0.6 is 24.2 Å². The molecule has 0 amide bonds. The molecule has 0 unspecified atom stereocenters. The summed E-state index contributed by atoms with van der Waals surface area (Å²) in [4.78, 5) is 4.03. The van der Waals surface area contributed by atoms with E-state index < -0.39 is 0 Å². The van der Waals surface area contributed by atoms with Crippen molar-refractivity contribution < 1.29 is 0 Å². The summed E-state index contributed by atoms with van der Waals surface area (Å²) in [5.74, 6) is 3.37. The van der Waals surface area contributed by atoms with E-state index in [0.717, 1.165) is 11.7 Å². The summed E-state index contributed by atoms with van der Waals surface area (Å²) in [6.45, 7) is 2.42. The van der Waals surface area contributed by atoms with E-state index in [9.17, 15) is 0 Å². The molecule has 1 aliphatic heterocycles. The lowest BCUT2D eigenvalue weighted by molar-refractivity contribution is 0.408. The van der Waals surface area contributed by atoms with Crippen LogP contribution in [0.15, 0.2) is 24.5 Å². The van der Waals surface area contributed by atoms with E-state index in [1.54, 1.807) is 0 Å². The van der Waals surface area contributed by atoms with Crippen molar-refractivity contribution in [2.45, 2.75) is 18.6 Å². The highest BCUT2D eigenvalue weighted by Crippen LogP contribution is 2.20. The predicted molar refractivity (Wildman–Crippen MR) is 73.2 cm³/mol. The standard InChI is InChI=1S/C12H18N2S.ClH/c1-5-13-6-2-11(1)9-15-10-12-3-7-14-8-4-12;/h1-2,5-6,12,14H,3-4,7-10H2;1H. The Hall–Kier alpha value is -0.250. The molecule has 2 heterocycles. The molecule has 0 radical (unpaired) electrons. The average Bonchev–Trinajstić information content (AvgIpc) is 2.32. The first-order valence-corrected chi connectivity index (χ1v) is 6.78. The second kappa shape index (κ2) is 7.93. The molecule has 16 heavy (non-hydrogen) atoms. The summed E-state index contributed by atoms with van der Waals surface area (Å²) in [5.41, 5.74) is 1.39. The van der Waals surface area contributed by atoms with Gasteiger partial charge in [0.1, 0.15) is 0 Å². The Morgan fingerprint density at radius 3 is 2.62 bits per heavy atom. The molecule has 1 saturated heterocycles. The third-order valence-electron chi connectivity index (χ3n) is 2.83. The predicted octanol–water partition coefficient (Wildman–Crippen LogP) is 2.74. The molecule has 1 N–H and O–H groups in total. The van der Waals surface area contributed by atoms with Crippen LogP contribution in [0, 0.1) is 5.92 Å². The van der Waals surface area contributed by atoms with E-state index in [1.807, 2.05) is 12.4 Å². The lowest BCUT2D eigenvalue weighted by Crippen LogP contribution is -2.28.